The van der Waals surface area contributed by atoms with Crippen molar-refractivity contribution in [1.29, 1.82) is 0 Å². The van der Waals surface area contributed by atoms with Crippen molar-refractivity contribution in [3.05, 3.63) is 33.8 Å². The van der Waals surface area contributed by atoms with Crippen LogP contribution in [0.1, 0.15) is 17.3 Å². The van der Waals surface area contributed by atoms with E-state index in [0.29, 0.717) is 15.6 Å². The molecule has 0 aliphatic carbocycles. The topological polar surface area (TPSA) is 49.3 Å². The number of carbonyl (C=O) groups excluding carboxylic acids is 1. The maximum absolute atomic E-state index is 12.0. The van der Waals surface area contributed by atoms with Gasteiger partial charge >= 0.3 is 0 Å². The molecule has 0 radical (unpaired) electrons. The van der Waals surface area contributed by atoms with Crippen LogP contribution in [-0.2, 0) is 0 Å². The molecule has 2 unspecified atom stereocenters. The van der Waals surface area contributed by atoms with Crippen LogP contribution < -0.4 is 5.32 Å². The normalized spacial score (nSPS) is 14.1. The smallest absolute Gasteiger partial charge is 0.253 e. The van der Waals surface area contributed by atoms with Crippen LogP contribution in [0, 0.1) is 0 Å². The number of nitrogens with one attached hydrogen (secondary N) is 1. The predicted molar refractivity (Wildman–Crippen MR) is 77.8 cm³/mol. The number of hydrogen-bond donors (Lipinski definition) is 2. The Bertz CT molecular complexity index is 425. The van der Waals surface area contributed by atoms with Gasteiger partial charge in [-0.2, -0.15) is 11.8 Å². The van der Waals surface area contributed by atoms with Crippen LogP contribution in [0.15, 0.2) is 18.2 Å². The van der Waals surface area contributed by atoms with Crippen molar-refractivity contribution in [3.8, 4) is 0 Å². The van der Waals surface area contributed by atoms with Gasteiger partial charge in [0.25, 0.3) is 5.91 Å². The summed E-state index contributed by atoms with van der Waals surface area (Å²) in [5, 5.41) is 12.7. The van der Waals surface area contributed by atoms with Gasteiger partial charge in [0, 0.05) is 16.3 Å². The number of halogens is 2. The number of aliphatic hydroxyl groups is 1. The highest BCUT2D eigenvalue weighted by Crippen LogP contribution is 2.21. The van der Waals surface area contributed by atoms with Gasteiger partial charge in [-0.1, -0.05) is 23.2 Å². The Balaban J connectivity index is 2.76. The third kappa shape index (κ3) is 4.05. The van der Waals surface area contributed by atoms with Crippen molar-refractivity contribution in [1.82, 2.24) is 5.32 Å². The number of aliphatic hydroxyl groups excluding tert-OH is 1. The lowest BCUT2D eigenvalue weighted by Gasteiger charge is -2.21. The molecule has 6 heteroatoms. The number of rotatable bonds is 5. The Hall–Kier alpha value is -0.420. The summed E-state index contributed by atoms with van der Waals surface area (Å²) in [5.41, 5.74) is 0.380. The van der Waals surface area contributed by atoms with E-state index in [-0.39, 0.29) is 23.8 Å². The van der Waals surface area contributed by atoms with E-state index in [1.165, 1.54) is 17.8 Å². The van der Waals surface area contributed by atoms with Gasteiger partial charge in [0.2, 0.25) is 0 Å². The fourth-order valence-corrected chi connectivity index (χ4v) is 2.61. The highest BCUT2D eigenvalue weighted by atomic mass is 35.5. The van der Waals surface area contributed by atoms with Gasteiger partial charge in [-0.25, -0.2) is 0 Å². The lowest BCUT2D eigenvalue weighted by molar-refractivity contribution is 0.0936. The minimum atomic E-state index is -0.267. The molecule has 1 rings (SSSR count). The predicted octanol–water partition coefficient (Wildman–Crippen LogP) is 2.84. The van der Waals surface area contributed by atoms with Gasteiger partial charge in [-0.15, -0.1) is 0 Å². The highest BCUT2D eigenvalue weighted by Gasteiger charge is 2.19. The van der Waals surface area contributed by atoms with E-state index >= 15 is 0 Å². The van der Waals surface area contributed by atoms with E-state index in [0.717, 1.165) is 0 Å². The van der Waals surface area contributed by atoms with Crippen LogP contribution in [0.2, 0.25) is 10.0 Å². The summed E-state index contributed by atoms with van der Waals surface area (Å²) in [4.78, 5) is 12.0. The molecule has 0 fully saturated rings. The van der Waals surface area contributed by atoms with Crippen LogP contribution in [0.25, 0.3) is 0 Å². The first-order valence-electron chi connectivity index (χ1n) is 5.39. The number of hydrogen-bond acceptors (Lipinski definition) is 3. The van der Waals surface area contributed by atoms with E-state index < -0.39 is 0 Å². The fraction of sp³-hybridized carbons (Fsp3) is 0.417. The molecule has 18 heavy (non-hydrogen) atoms. The zero-order valence-electron chi connectivity index (χ0n) is 10.1. The molecule has 0 aliphatic rings. The van der Waals surface area contributed by atoms with Crippen molar-refractivity contribution in [2.45, 2.75) is 18.2 Å². The monoisotopic (exact) mass is 307 g/mol. The van der Waals surface area contributed by atoms with Gasteiger partial charge in [0.05, 0.1) is 17.2 Å². The molecule has 0 saturated heterocycles. The second-order valence-electron chi connectivity index (χ2n) is 3.84. The van der Waals surface area contributed by atoms with Crippen molar-refractivity contribution in [3.63, 3.8) is 0 Å². The quantitative estimate of drug-likeness (QED) is 0.879. The average molecular weight is 308 g/mol. The number of carbonyl (C=O) groups is 1. The van der Waals surface area contributed by atoms with E-state index in [4.69, 9.17) is 28.3 Å². The summed E-state index contributed by atoms with van der Waals surface area (Å²) in [6, 6.07) is 4.58. The van der Waals surface area contributed by atoms with Crippen molar-refractivity contribution < 1.29 is 9.90 Å². The van der Waals surface area contributed by atoms with Crippen molar-refractivity contribution >= 4 is 40.9 Å². The standard InChI is InChI=1S/C12H15Cl2NO2S/c1-7(11(6-16)18-2)15-12(17)9-4-3-8(13)5-10(9)14/h3-5,7,11,16H,6H2,1-2H3,(H,15,17). The molecule has 0 spiro atoms. The molecule has 0 bridgehead atoms. The molecule has 2 atom stereocenters. The van der Waals surface area contributed by atoms with E-state index in [9.17, 15) is 4.79 Å². The largest absolute Gasteiger partial charge is 0.395 e. The summed E-state index contributed by atoms with van der Waals surface area (Å²) < 4.78 is 0. The SMILES string of the molecule is CSC(CO)C(C)NC(=O)c1ccc(Cl)cc1Cl. The molecule has 1 amide bonds. The summed E-state index contributed by atoms with van der Waals surface area (Å²) in [5.74, 6) is -0.267. The molecule has 3 nitrogen and oxygen atoms in total. The Labute approximate surface area is 121 Å². The number of amides is 1. The maximum atomic E-state index is 12.0. The minimum Gasteiger partial charge on any atom is -0.395 e. The van der Waals surface area contributed by atoms with E-state index in [2.05, 4.69) is 5.32 Å². The second kappa shape index (κ2) is 7.24. The molecule has 0 aromatic heterocycles. The Kier molecular flexibility index (Phi) is 6.29. The number of thioether (sulfide) groups is 1. The first-order valence-corrected chi connectivity index (χ1v) is 7.43. The first-order chi connectivity index (χ1) is 8.49. The Morgan fingerprint density at radius 1 is 1.50 bits per heavy atom. The summed E-state index contributed by atoms with van der Waals surface area (Å²) >= 11 is 13.2. The molecular formula is C12H15Cl2NO2S. The molecule has 1 aromatic rings. The van der Waals surface area contributed by atoms with Gasteiger partial charge < -0.3 is 10.4 Å². The molecule has 0 heterocycles. The van der Waals surface area contributed by atoms with Gasteiger partial charge in [-0.05, 0) is 31.4 Å². The lowest BCUT2D eigenvalue weighted by atomic mass is 10.1. The maximum Gasteiger partial charge on any atom is 0.253 e. The molecule has 0 aliphatic heterocycles. The summed E-state index contributed by atoms with van der Waals surface area (Å²) in [7, 11) is 0. The summed E-state index contributed by atoms with van der Waals surface area (Å²) in [6.45, 7) is 1.86. The van der Waals surface area contributed by atoms with E-state index in [1.54, 1.807) is 12.1 Å². The van der Waals surface area contributed by atoms with Crippen LogP contribution in [0.3, 0.4) is 0 Å². The zero-order chi connectivity index (χ0) is 13.7. The third-order valence-corrected chi connectivity index (χ3v) is 4.29. The summed E-state index contributed by atoms with van der Waals surface area (Å²) in [6.07, 6.45) is 1.89. The second-order valence-corrected chi connectivity index (χ2v) is 5.76. The molecule has 2 N–H and O–H groups in total. The van der Waals surface area contributed by atoms with Crippen LogP contribution >= 0.6 is 35.0 Å². The Morgan fingerprint density at radius 3 is 2.67 bits per heavy atom. The van der Waals surface area contributed by atoms with Crippen LogP contribution in [0.5, 0.6) is 0 Å². The Morgan fingerprint density at radius 2 is 2.17 bits per heavy atom. The molecule has 1 aromatic carbocycles. The average Bonchev–Trinajstić information content (AvgIpc) is 2.30. The van der Waals surface area contributed by atoms with Crippen molar-refractivity contribution in [2.75, 3.05) is 12.9 Å². The molecular weight excluding hydrogens is 293 g/mol. The van der Waals surface area contributed by atoms with Crippen LogP contribution in [-0.4, -0.2) is 35.2 Å². The highest BCUT2D eigenvalue weighted by molar-refractivity contribution is 7.99. The van der Waals surface area contributed by atoms with Gasteiger partial charge in [0.15, 0.2) is 0 Å². The molecule has 0 saturated carbocycles. The minimum absolute atomic E-state index is 0.0109. The van der Waals surface area contributed by atoms with Gasteiger partial charge in [0.1, 0.15) is 0 Å². The lowest BCUT2D eigenvalue weighted by Crippen LogP contribution is -2.41. The fourth-order valence-electron chi connectivity index (χ4n) is 1.49. The third-order valence-electron chi connectivity index (χ3n) is 2.57. The van der Waals surface area contributed by atoms with Crippen molar-refractivity contribution in [2.24, 2.45) is 0 Å². The number of benzene rings is 1. The van der Waals surface area contributed by atoms with E-state index in [1.807, 2.05) is 13.2 Å². The zero-order valence-corrected chi connectivity index (χ0v) is 12.4. The van der Waals surface area contributed by atoms with Crippen LogP contribution in [0.4, 0.5) is 0 Å². The molecule has 100 valence electrons. The van der Waals surface area contributed by atoms with Gasteiger partial charge in [-0.3, -0.25) is 4.79 Å². The first kappa shape index (κ1) is 15.6.